The van der Waals surface area contributed by atoms with Crippen molar-refractivity contribution in [3.63, 3.8) is 0 Å². The van der Waals surface area contributed by atoms with Crippen LogP contribution in [0.15, 0.2) is 24.3 Å². The third-order valence-corrected chi connectivity index (χ3v) is 5.88. The summed E-state index contributed by atoms with van der Waals surface area (Å²) in [5, 5.41) is 9.44. The number of hydrogen-bond donors (Lipinski definition) is 2. The van der Waals surface area contributed by atoms with Crippen molar-refractivity contribution in [2.75, 3.05) is 34.5 Å². The maximum absolute atomic E-state index is 12.9. The number of carbonyl (C=O) groups is 3. The molecule has 220 valence electrons. The van der Waals surface area contributed by atoms with Crippen molar-refractivity contribution in [1.82, 2.24) is 0 Å². The summed E-state index contributed by atoms with van der Waals surface area (Å²) in [5.74, 6) is -1.15. The molecule has 0 fully saturated rings. The van der Waals surface area contributed by atoms with Crippen LogP contribution < -0.4 is 24.7 Å². The molecule has 0 heterocycles. The predicted octanol–water partition coefficient (Wildman–Crippen LogP) is 4.19. The number of nitrogens with two attached hydrogens (primary N) is 1. The minimum absolute atomic E-state index is 0.0412. The van der Waals surface area contributed by atoms with Crippen LogP contribution in [0.5, 0.6) is 23.0 Å². The van der Waals surface area contributed by atoms with Crippen LogP contribution in [0.3, 0.4) is 0 Å². The van der Waals surface area contributed by atoms with Crippen LogP contribution in [-0.2, 0) is 9.47 Å². The lowest BCUT2D eigenvalue weighted by molar-refractivity contribution is 0.00684. The molecule has 1 unspecified atom stereocenters. The van der Waals surface area contributed by atoms with Crippen LogP contribution in [0.2, 0.25) is 5.02 Å². The van der Waals surface area contributed by atoms with E-state index in [2.05, 4.69) is 0 Å². The number of aliphatic hydroxyl groups is 1. The third kappa shape index (κ3) is 8.92. The molecule has 40 heavy (non-hydrogen) atoms. The zero-order chi connectivity index (χ0) is 30.0. The molecule has 0 aliphatic carbocycles. The number of methoxy groups -OCH3 is 3. The molecule has 0 radical (unpaired) electrons. The number of carbonyl (C=O) groups excluding carboxylic acids is 3. The first kappa shape index (κ1) is 32.5. The fraction of sp³-hybridized carbons (Fsp3) is 0.464. The van der Waals surface area contributed by atoms with Crippen molar-refractivity contribution in [3.8, 4) is 23.0 Å². The number of amides is 1. The van der Waals surface area contributed by atoms with Gasteiger partial charge in [-0.2, -0.15) is 0 Å². The van der Waals surface area contributed by atoms with Gasteiger partial charge in [-0.1, -0.05) is 11.6 Å². The van der Waals surface area contributed by atoms with Crippen molar-refractivity contribution in [2.45, 2.75) is 51.7 Å². The molecular formula is C28H36ClNO10. The quantitative estimate of drug-likeness (QED) is 0.245. The topological polar surface area (TPSA) is 153 Å². The fourth-order valence-corrected chi connectivity index (χ4v) is 3.91. The molecule has 0 saturated carbocycles. The van der Waals surface area contributed by atoms with Gasteiger partial charge in [0.05, 0.1) is 49.6 Å². The van der Waals surface area contributed by atoms with E-state index < -0.39 is 29.6 Å². The van der Waals surface area contributed by atoms with Gasteiger partial charge in [0.2, 0.25) is 11.7 Å². The molecular weight excluding hydrogens is 546 g/mol. The van der Waals surface area contributed by atoms with Crippen LogP contribution in [0.25, 0.3) is 0 Å². The van der Waals surface area contributed by atoms with E-state index in [0.717, 1.165) is 0 Å². The molecule has 2 aromatic rings. The molecule has 1 atom stereocenters. The summed E-state index contributed by atoms with van der Waals surface area (Å²) in [6, 6.07) is 5.57. The van der Waals surface area contributed by atoms with E-state index >= 15 is 0 Å². The van der Waals surface area contributed by atoms with Crippen LogP contribution in [0.1, 0.15) is 71.1 Å². The van der Waals surface area contributed by atoms with Gasteiger partial charge in [-0.3, -0.25) is 4.79 Å². The summed E-state index contributed by atoms with van der Waals surface area (Å²) in [5.41, 5.74) is 4.82. The smallest absolute Gasteiger partial charge is 0.338 e. The van der Waals surface area contributed by atoms with Crippen molar-refractivity contribution in [1.29, 1.82) is 0 Å². The standard InChI is InChI=1S/C28H36ClNO10/c1-28(2,3)40-27(34)16-12-19(25(30)32)23(29)20(13-16)38-11-7-8-18(9-10-31)39-26(33)17-14-21(35-4)24(37-6)22(15-17)36-5/h12-15,18,31H,7-11H2,1-6H3,(H2,30,32). The molecule has 0 bridgehead atoms. The Morgan fingerprint density at radius 1 is 0.900 bits per heavy atom. The molecule has 3 N–H and O–H groups in total. The van der Waals surface area contributed by atoms with Crippen LogP contribution >= 0.6 is 11.6 Å². The second kappa shape index (κ2) is 14.6. The number of esters is 2. The Hall–Kier alpha value is -3.70. The average molecular weight is 582 g/mol. The molecule has 0 aliphatic rings. The Morgan fingerprint density at radius 2 is 1.48 bits per heavy atom. The van der Waals surface area contributed by atoms with Crippen molar-refractivity contribution >= 4 is 29.4 Å². The van der Waals surface area contributed by atoms with Crippen LogP contribution in [-0.4, -0.2) is 69.2 Å². The first-order valence-electron chi connectivity index (χ1n) is 12.5. The SMILES string of the molecule is COc1cc(C(=O)OC(CCO)CCCOc2cc(C(=O)OC(C)(C)C)cc(C(N)=O)c2Cl)cc(OC)c1OC. The van der Waals surface area contributed by atoms with Crippen molar-refractivity contribution in [2.24, 2.45) is 5.73 Å². The summed E-state index contributed by atoms with van der Waals surface area (Å²) in [4.78, 5) is 37.3. The Labute approximate surface area is 238 Å². The summed E-state index contributed by atoms with van der Waals surface area (Å²) in [6.45, 7) is 5.03. The van der Waals surface area contributed by atoms with Gasteiger partial charge in [-0.25, -0.2) is 9.59 Å². The summed E-state index contributed by atoms with van der Waals surface area (Å²) in [6.07, 6.45) is 0.274. The summed E-state index contributed by atoms with van der Waals surface area (Å²) in [7, 11) is 4.32. The maximum Gasteiger partial charge on any atom is 0.338 e. The zero-order valence-corrected chi connectivity index (χ0v) is 24.3. The number of rotatable bonds is 14. The molecule has 2 aromatic carbocycles. The van der Waals surface area contributed by atoms with E-state index in [9.17, 15) is 19.5 Å². The Kier molecular flexibility index (Phi) is 11.9. The monoisotopic (exact) mass is 581 g/mol. The van der Waals surface area contributed by atoms with Crippen molar-refractivity contribution in [3.05, 3.63) is 46.0 Å². The van der Waals surface area contributed by atoms with E-state index in [1.54, 1.807) is 20.8 Å². The Morgan fingerprint density at radius 3 is 1.98 bits per heavy atom. The summed E-state index contributed by atoms with van der Waals surface area (Å²) >= 11 is 6.30. The van der Waals surface area contributed by atoms with Crippen LogP contribution in [0.4, 0.5) is 0 Å². The second-order valence-electron chi connectivity index (χ2n) is 9.65. The van der Waals surface area contributed by atoms with E-state index in [0.29, 0.717) is 30.1 Å². The van der Waals surface area contributed by atoms with Gasteiger partial charge < -0.3 is 39.3 Å². The van der Waals surface area contributed by atoms with E-state index in [1.807, 2.05) is 0 Å². The number of benzene rings is 2. The fourth-order valence-electron chi connectivity index (χ4n) is 3.65. The number of ether oxygens (including phenoxy) is 6. The lowest BCUT2D eigenvalue weighted by Crippen LogP contribution is -2.24. The molecule has 2 rings (SSSR count). The lowest BCUT2D eigenvalue weighted by atomic mass is 10.1. The first-order valence-corrected chi connectivity index (χ1v) is 12.8. The zero-order valence-electron chi connectivity index (χ0n) is 23.5. The lowest BCUT2D eigenvalue weighted by Gasteiger charge is -2.20. The minimum atomic E-state index is -0.832. The maximum atomic E-state index is 12.9. The molecule has 1 amide bonds. The van der Waals surface area contributed by atoms with Gasteiger partial charge >= 0.3 is 11.9 Å². The van der Waals surface area contributed by atoms with E-state index in [1.165, 1.54) is 45.6 Å². The molecule has 0 aliphatic heterocycles. The van der Waals surface area contributed by atoms with E-state index in [4.69, 9.17) is 45.8 Å². The Balaban J connectivity index is 2.11. The highest BCUT2D eigenvalue weighted by Gasteiger charge is 2.24. The Bertz CT molecular complexity index is 1180. The van der Waals surface area contributed by atoms with Gasteiger partial charge in [-0.05, 0) is 57.9 Å². The number of primary amides is 1. The molecule has 0 aromatic heterocycles. The summed E-state index contributed by atoms with van der Waals surface area (Å²) < 4.78 is 32.6. The highest BCUT2D eigenvalue weighted by atomic mass is 35.5. The van der Waals surface area contributed by atoms with Gasteiger partial charge in [0, 0.05) is 13.0 Å². The average Bonchev–Trinajstić information content (AvgIpc) is 2.89. The first-order chi connectivity index (χ1) is 18.8. The van der Waals surface area contributed by atoms with Gasteiger partial charge in [0.15, 0.2) is 11.5 Å². The molecule has 11 nitrogen and oxygen atoms in total. The van der Waals surface area contributed by atoms with Gasteiger partial charge in [-0.15, -0.1) is 0 Å². The molecule has 0 saturated heterocycles. The number of halogens is 1. The highest BCUT2D eigenvalue weighted by molar-refractivity contribution is 6.35. The van der Waals surface area contributed by atoms with Crippen LogP contribution in [0, 0.1) is 0 Å². The second-order valence-corrected chi connectivity index (χ2v) is 10.0. The predicted molar refractivity (Wildman–Crippen MR) is 147 cm³/mol. The number of aliphatic hydroxyl groups excluding tert-OH is 1. The third-order valence-electron chi connectivity index (χ3n) is 5.49. The van der Waals surface area contributed by atoms with Gasteiger partial charge in [0.25, 0.3) is 0 Å². The minimum Gasteiger partial charge on any atom is -0.493 e. The van der Waals surface area contributed by atoms with Crippen molar-refractivity contribution < 1.29 is 47.9 Å². The van der Waals surface area contributed by atoms with Gasteiger partial charge in [0.1, 0.15) is 17.5 Å². The molecule has 0 spiro atoms. The normalized spacial score (nSPS) is 11.8. The number of hydrogen-bond acceptors (Lipinski definition) is 10. The van der Waals surface area contributed by atoms with E-state index in [-0.39, 0.29) is 47.1 Å². The molecule has 12 heteroatoms. The highest BCUT2D eigenvalue weighted by Crippen LogP contribution is 2.38. The largest absolute Gasteiger partial charge is 0.493 e.